The summed E-state index contributed by atoms with van der Waals surface area (Å²) in [5.41, 5.74) is 5.95. The highest BCUT2D eigenvalue weighted by molar-refractivity contribution is 5.79. The van der Waals surface area contributed by atoms with Crippen molar-refractivity contribution in [2.24, 2.45) is 10.8 Å². The Morgan fingerprint density at radius 1 is 1.44 bits per heavy atom. The predicted octanol–water partition coefficient (Wildman–Crippen LogP) is 0.748. The Morgan fingerprint density at radius 3 is 2.78 bits per heavy atom. The first-order chi connectivity index (χ1) is 8.59. The molecule has 0 bridgehead atoms. The van der Waals surface area contributed by atoms with Crippen LogP contribution in [0.2, 0.25) is 0 Å². The van der Waals surface area contributed by atoms with Crippen molar-refractivity contribution in [2.75, 3.05) is 27.2 Å². The van der Waals surface area contributed by atoms with E-state index in [1.165, 1.54) is 11.2 Å². The van der Waals surface area contributed by atoms with E-state index in [-0.39, 0.29) is 0 Å². The molecule has 0 unspecified atom stereocenters. The van der Waals surface area contributed by atoms with Gasteiger partial charge < -0.3 is 10.6 Å². The molecule has 1 aromatic heterocycles. The topological polar surface area (TPSA) is 74.8 Å². The third-order valence-electron chi connectivity index (χ3n) is 2.25. The SMILES string of the molecule is CN(C)CCCN(/N=C\c1ccccn1)C(N)=O. The van der Waals surface area contributed by atoms with E-state index in [9.17, 15) is 4.79 Å². The fraction of sp³-hybridized carbons (Fsp3) is 0.417. The number of hydrogen-bond acceptors (Lipinski definition) is 4. The molecule has 0 spiro atoms. The summed E-state index contributed by atoms with van der Waals surface area (Å²) in [6.07, 6.45) is 4.01. The first-order valence-corrected chi connectivity index (χ1v) is 5.76. The van der Waals surface area contributed by atoms with Crippen molar-refractivity contribution in [3.8, 4) is 0 Å². The Kier molecular flexibility index (Phi) is 5.79. The molecule has 1 aromatic rings. The summed E-state index contributed by atoms with van der Waals surface area (Å²) >= 11 is 0. The van der Waals surface area contributed by atoms with E-state index >= 15 is 0 Å². The molecule has 98 valence electrons. The zero-order chi connectivity index (χ0) is 13.4. The number of nitrogens with two attached hydrogens (primary N) is 1. The molecule has 1 heterocycles. The summed E-state index contributed by atoms with van der Waals surface area (Å²) in [5, 5.41) is 5.29. The zero-order valence-electron chi connectivity index (χ0n) is 10.8. The van der Waals surface area contributed by atoms with Crippen molar-refractivity contribution in [3.63, 3.8) is 0 Å². The molecule has 0 aromatic carbocycles. The van der Waals surface area contributed by atoms with Gasteiger partial charge in [0.25, 0.3) is 0 Å². The Bertz CT molecular complexity index is 391. The molecule has 0 saturated carbocycles. The monoisotopic (exact) mass is 249 g/mol. The van der Waals surface area contributed by atoms with Crippen LogP contribution < -0.4 is 5.73 Å². The van der Waals surface area contributed by atoms with Gasteiger partial charge in [0.15, 0.2) is 0 Å². The van der Waals surface area contributed by atoms with E-state index in [0.717, 1.165) is 13.0 Å². The molecule has 1 rings (SSSR count). The lowest BCUT2D eigenvalue weighted by Gasteiger charge is -2.15. The van der Waals surface area contributed by atoms with Crippen LogP contribution in [0.1, 0.15) is 12.1 Å². The van der Waals surface area contributed by atoms with Gasteiger partial charge in [-0.1, -0.05) is 6.07 Å². The maximum Gasteiger partial charge on any atom is 0.335 e. The molecule has 6 nitrogen and oxygen atoms in total. The number of aromatic nitrogens is 1. The van der Waals surface area contributed by atoms with Crippen LogP contribution in [-0.2, 0) is 0 Å². The molecule has 6 heteroatoms. The minimum atomic E-state index is -0.555. The number of hydrogen-bond donors (Lipinski definition) is 1. The molecule has 0 saturated heterocycles. The number of nitrogens with zero attached hydrogens (tertiary/aromatic N) is 4. The van der Waals surface area contributed by atoms with E-state index in [4.69, 9.17) is 5.73 Å². The summed E-state index contributed by atoms with van der Waals surface area (Å²) in [7, 11) is 3.96. The average Bonchev–Trinajstić information content (AvgIpc) is 2.34. The van der Waals surface area contributed by atoms with E-state index in [0.29, 0.717) is 12.2 Å². The molecule has 0 radical (unpaired) electrons. The van der Waals surface area contributed by atoms with Crippen LogP contribution in [0.4, 0.5) is 4.79 Å². The fourth-order valence-corrected chi connectivity index (χ4v) is 1.34. The Morgan fingerprint density at radius 2 is 2.22 bits per heavy atom. The second-order valence-corrected chi connectivity index (χ2v) is 4.12. The van der Waals surface area contributed by atoms with Gasteiger partial charge in [0.05, 0.1) is 11.9 Å². The molecule has 0 atom stereocenters. The van der Waals surface area contributed by atoms with Crippen molar-refractivity contribution in [2.45, 2.75) is 6.42 Å². The number of amides is 2. The molecule has 2 amide bonds. The first-order valence-electron chi connectivity index (χ1n) is 5.76. The highest BCUT2D eigenvalue weighted by Crippen LogP contribution is 1.95. The summed E-state index contributed by atoms with van der Waals surface area (Å²) in [4.78, 5) is 17.3. The van der Waals surface area contributed by atoms with Crippen LogP contribution in [0.15, 0.2) is 29.5 Å². The lowest BCUT2D eigenvalue weighted by molar-refractivity contribution is 0.207. The third-order valence-corrected chi connectivity index (χ3v) is 2.25. The lowest BCUT2D eigenvalue weighted by Crippen LogP contribution is -2.33. The zero-order valence-corrected chi connectivity index (χ0v) is 10.8. The number of rotatable bonds is 6. The summed E-state index contributed by atoms with van der Waals surface area (Å²) < 4.78 is 0. The molecule has 0 aliphatic carbocycles. The van der Waals surface area contributed by atoms with E-state index < -0.39 is 6.03 Å². The quantitative estimate of drug-likeness (QED) is 0.597. The van der Waals surface area contributed by atoms with Crippen LogP contribution in [0.25, 0.3) is 0 Å². The molecular formula is C12H19N5O. The number of urea groups is 1. The standard InChI is InChI=1S/C12H19N5O/c1-16(2)8-5-9-17(12(13)18)15-10-11-6-3-4-7-14-11/h3-4,6-7,10H,5,8-9H2,1-2H3,(H2,13,18)/b15-10-. The van der Waals surface area contributed by atoms with Crippen molar-refractivity contribution in [1.29, 1.82) is 0 Å². The van der Waals surface area contributed by atoms with Crippen LogP contribution in [0.3, 0.4) is 0 Å². The predicted molar refractivity (Wildman–Crippen MR) is 71.3 cm³/mol. The van der Waals surface area contributed by atoms with Crippen LogP contribution in [0, 0.1) is 0 Å². The molecule has 0 aliphatic heterocycles. The maximum absolute atomic E-state index is 11.2. The van der Waals surface area contributed by atoms with E-state index in [1.807, 2.05) is 37.2 Å². The molecule has 18 heavy (non-hydrogen) atoms. The second-order valence-electron chi connectivity index (χ2n) is 4.12. The van der Waals surface area contributed by atoms with Gasteiger partial charge in [-0.25, -0.2) is 9.80 Å². The first kappa shape index (κ1) is 14.1. The van der Waals surface area contributed by atoms with Gasteiger partial charge in [0.1, 0.15) is 0 Å². The number of pyridine rings is 1. The van der Waals surface area contributed by atoms with Crippen LogP contribution >= 0.6 is 0 Å². The van der Waals surface area contributed by atoms with E-state index in [1.54, 1.807) is 6.20 Å². The highest BCUT2D eigenvalue weighted by atomic mass is 16.2. The van der Waals surface area contributed by atoms with Gasteiger partial charge in [-0.3, -0.25) is 4.98 Å². The van der Waals surface area contributed by atoms with Gasteiger partial charge >= 0.3 is 6.03 Å². The van der Waals surface area contributed by atoms with Crippen LogP contribution in [-0.4, -0.2) is 54.3 Å². The van der Waals surface area contributed by atoms with Crippen molar-refractivity contribution in [3.05, 3.63) is 30.1 Å². The van der Waals surface area contributed by atoms with Crippen molar-refractivity contribution < 1.29 is 4.79 Å². The minimum Gasteiger partial charge on any atom is -0.350 e. The van der Waals surface area contributed by atoms with Crippen molar-refractivity contribution in [1.82, 2.24) is 14.9 Å². The van der Waals surface area contributed by atoms with Crippen LogP contribution in [0.5, 0.6) is 0 Å². The molecule has 0 aliphatic rings. The molecule has 2 N–H and O–H groups in total. The maximum atomic E-state index is 11.2. The highest BCUT2D eigenvalue weighted by Gasteiger charge is 2.06. The van der Waals surface area contributed by atoms with Gasteiger partial charge in [-0.15, -0.1) is 0 Å². The lowest BCUT2D eigenvalue weighted by atomic mass is 10.4. The largest absolute Gasteiger partial charge is 0.350 e. The number of hydrazone groups is 1. The second kappa shape index (κ2) is 7.39. The number of carbonyl (C=O) groups excluding carboxylic acids is 1. The summed E-state index contributed by atoms with van der Waals surface area (Å²) in [6, 6.07) is 4.93. The van der Waals surface area contributed by atoms with Gasteiger partial charge in [-0.2, -0.15) is 5.10 Å². The minimum absolute atomic E-state index is 0.497. The third kappa shape index (κ3) is 5.40. The Balaban J connectivity index is 2.52. The average molecular weight is 249 g/mol. The summed E-state index contributed by atoms with van der Waals surface area (Å²) in [5.74, 6) is 0. The van der Waals surface area contributed by atoms with Gasteiger partial charge in [0, 0.05) is 12.7 Å². The van der Waals surface area contributed by atoms with E-state index in [2.05, 4.69) is 10.1 Å². The fourth-order valence-electron chi connectivity index (χ4n) is 1.34. The summed E-state index contributed by atoms with van der Waals surface area (Å²) in [6.45, 7) is 1.37. The van der Waals surface area contributed by atoms with Crippen molar-refractivity contribution >= 4 is 12.2 Å². The number of carbonyl (C=O) groups is 1. The van der Waals surface area contributed by atoms with Gasteiger partial charge in [-0.05, 0) is 39.2 Å². The number of primary amides is 1. The molecular weight excluding hydrogens is 230 g/mol. The normalized spacial score (nSPS) is 11.1. The molecule has 0 fully saturated rings. The smallest absolute Gasteiger partial charge is 0.335 e. The van der Waals surface area contributed by atoms with Gasteiger partial charge in [0.2, 0.25) is 0 Å². The Hall–Kier alpha value is -1.95. The Labute approximate surface area is 107 Å².